The van der Waals surface area contributed by atoms with Gasteiger partial charge in [-0.05, 0) is 24.6 Å². The summed E-state index contributed by atoms with van der Waals surface area (Å²) in [6, 6.07) is 6.95. The van der Waals surface area contributed by atoms with Crippen LogP contribution in [0, 0.1) is 11.3 Å². The summed E-state index contributed by atoms with van der Waals surface area (Å²) in [5, 5.41) is 21.8. The van der Waals surface area contributed by atoms with Crippen molar-refractivity contribution in [1.29, 1.82) is 5.26 Å². The van der Waals surface area contributed by atoms with Gasteiger partial charge in [-0.25, -0.2) is 0 Å². The third-order valence-electron chi connectivity index (χ3n) is 2.35. The highest BCUT2D eigenvalue weighted by Crippen LogP contribution is 2.20. The number of aliphatic hydroxyl groups is 1. The molecule has 0 saturated heterocycles. The highest BCUT2D eigenvalue weighted by atomic mass is 35.5. The van der Waals surface area contributed by atoms with Gasteiger partial charge in [-0.1, -0.05) is 11.6 Å². The van der Waals surface area contributed by atoms with Crippen molar-refractivity contribution in [3.8, 4) is 6.07 Å². The number of ether oxygens (including phenoxy) is 1. The second kappa shape index (κ2) is 7.13. The van der Waals surface area contributed by atoms with E-state index in [2.05, 4.69) is 11.4 Å². The number of hydrogen-bond donors (Lipinski definition) is 2. The highest BCUT2D eigenvalue weighted by molar-refractivity contribution is 6.30. The Kier molecular flexibility index (Phi) is 5.78. The molecule has 0 aliphatic heterocycles. The van der Waals surface area contributed by atoms with Crippen LogP contribution in [0.3, 0.4) is 0 Å². The monoisotopic (exact) mass is 254 g/mol. The largest absolute Gasteiger partial charge is 0.394 e. The number of hydrogen-bond acceptors (Lipinski definition) is 4. The molecule has 17 heavy (non-hydrogen) atoms. The summed E-state index contributed by atoms with van der Waals surface area (Å²) in [7, 11) is 1.61. The van der Waals surface area contributed by atoms with Crippen LogP contribution in [-0.4, -0.2) is 31.5 Å². The van der Waals surface area contributed by atoms with Gasteiger partial charge in [0, 0.05) is 18.7 Å². The Labute approximate surface area is 106 Å². The fourth-order valence-corrected chi connectivity index (χ4v) is 1.60. The average Bonchev–Trinajstić information content (AvgIpc) is 2.35. The molecule has 0 spiro atoms. The number of aliphatic hydroxyl groups excluding tert-OH is 1. The quantitative estimate of drug-likeness (QED) is 0.815. The Hall–Kier alpha value is -1.28. The Balaban J connectivity index is 2.75. The summed E-state index contributed by atoms with van der Waals surface area (Å²) < 4.78 is 4.95. The molecule has 0 amide bonds. The molecule has 0 radical (unpaired) electrons. The molecule has 0 aromatic heterocycles. The van der Waals surface area contributed by atoms with E-state index in [1.54, 1.807) is 25.3 Å². The topological polar surface area (TPSA) is 65.3 Å². The number of halogens is 1. The summed E-state index contributed by atoms with van der Waals surface area (Å²) >= 11 is 5.80. The predicted octanol–water partition coefficient (Wildman–Crippen LogP) is 2.02. The van der Waals surface area contributed by atoms with Crippen LogP contribution in [0.1, 0.15) is 12.0 Å². The second-order valence-corrected chi connectivity index (χ2v) is 4.04. The van der Waals surface area contributed by atoms with Gasteiger partial charge in [-0.3, -0.25) is 0 Å². The highest BCUT2D eigenvalue weighted by Gasteiger charge is 2.10. The maximum absolute atomic E-state index is 9.21. The fourth-order valence-electron chi connectivity index (χ4n) is 1.42. The van der Waals surface area contributed by atoms with Crippen molar-refractivity contribution in [1.82, 2.24) is 0 Å². The van der Waals surface area contributed by atoms with Crippen molar-refractivity contribution in [2.45, 2.75) is 12.5 Å². The molecule has 1 unspecified atom stereocenters. The molecule has 1 rings (SSSR count). The molecule has 4 nitrogen and oxygen atoms in total. The van der Waals surface area contributed by atoms with Gasteiger partial charge in [0.1, 0.15) is 6.07 Å². The normalized spacial score (nSPS) is 11.9. The minimum Gasteiger partial charge on any atom is -0.394 e. The SMILES string of the molecule is COCCC(CO)Nc1ccc(Cl)cc1C#N. The molecule has 0 heterocycles. The molecular weight excluding hydrogens is 240 g/mol. The molecule has 1 aromatic carbocycles. The minimum atomic E-state index is -0.136. The van der Waals surface area contributed by atoms with E-state index in [1.165, 1.54) is 0 Å². The van der Waals surface area contributed by atoms with Crippen LogP contribution in [0.2, 0.25) is 5.02 Å². The Morgan fingerprint density at radius 3 is 2.94 bits per heavy atom. The molecule has 92 valence electrons. The summed E-state index contributed by atoms with van der Waals surface area (Å²) in [6.07, 6.45) is 0.667. The van der Waals surface area contributed by atoms with Crippen molar-refractivity contribution in [3.63, 3.8) is 0 Å². The first-order valence-electron chi connectivity index (χ1n) is 5.27. The van der Waals surface area contributed by atoms with E-state index >= 15 is 0 Å². The summed E-state index contributed by atoms with van der Waals surface area (Å²) in [5.74, 6) is 0. The average molecular weight is 255 g/mol. The molecule has 5 heteroatoms. The maximum atomic E-state index is 9.21. The lowest BCUT2D eigenvalue weighted by molar-refractivity contribution is 0.174. The smallest absolute Gasteiger partial charge is 0.101 e. The van der Waals surface area contributed by atoms with Crippen LogP contribution in [0.25, 0.3) is 0 Å². The maximum Gasteiger partial charge on any atom is 0.101 e. The van der Waals surface area contributed by atoms with Crippen LogP contribution < -0.4 is 5.32 Å². The van der Waals surface area contributed by atoms with E-state index in [0.717, 1.165) is 0 Å². The first-order chi connectivity index (χ1) is 8.21. The zero-order valence-electron chi connectivity index (χ0n) is 9.61. The van der Waals surface area contributed by atoms with E-state index in [1.807, 2.05) is 0 Å². The standard InChI is InChI=1S/C12H15ClN2O2/c1-17-5-4-11(8-16)15-12-3-2-10(13)6-9(12)7-14/h2-3,6,11,15-16H,4-5,8H2,1H3. The van der Waals surface area contributed by atoms with Crippen molar-refractivity contribution in [2.24, 2.45) is 0 Å². The number of anilines is 1. The molecule has 0 aliphatic rings. The van der Waals surface area contributed by atoms with Gasteiger partial charge >= 0.3 is 0 Å². The van der Waals surface area contributed by atoms with Gasteiger partial charge in [0.15, 0.2) is 0 Å². The van der Waals surface area contributed by atoms with Gasteiger partial charge < -0.3 is 15.2 Å². The fraction of sp³-hybridized carbons (Fsp3) is 0.417. The molecule has 1 aromatic rings. The zero-order chi connectivity index (χ0) is 12.7. The molecule has 0 bridgehead atoms. The first-order valence-corrected chi connectivity index (χ1v) is 5.65. The lowest BCUT2D eigenvalue weighted by Gasteiger charge is -2.18. The number of benzene rings is 1. The summed E-state index contributed by atoms with van der Waals surface area (Å²) in [6.45, 7) is 0.532. The van der Waals surface area contributed by atoms with E-state index in [0.29, 0.717) is 29.3 Å². The van der Waals surface area contributed by atoms with E-state index < -0.39 is 0 Å². The van der Waals surface area contributed by atoms with Crippen molar-refractivity contribution in [2.75, 3.05) is 25.6 Å². The number of rotatable bonds is 6. The Bertz CT molecular complexity index is 404. The second-order valence-electron chi connectivity index (χ2n) is 3.61. The lowest BCUT2D eigenvalue weighted by atomic mass is 10.1. The van der Waals surface area contributed by atoms with Gasteiger partial charge in [0.05, 0.1) is 23.9 Å². The van der Waals surface area contributed by atoms with Crippen molar-refractivity contribution < 1.29 is 9.84 Å². The van der Waals surface area contributed by atoms with Crippen LogP contribution in [0.15, 0.2) is 18.2 Å². The molecule has 0 aliphatic carbocycles. The van der Waals surface area contributed by atoms with Crippen LogP contribution >= 0.6 is 11.6 Å². The molecule has 0 saturated carbocycles. The van der Waals surface area contributed by atoms with Crippen molar-refractivity contribution in [3.05, 3.63) is 28.8 Å². The molecule has 1 atom stereocenters. The first kappa shape index (κ1) is 13.8. The van der Waals surface area contributed by atoms with E-state index in [9.17, 15) is 5.11 Å². The molecule has 0 fully saturated rings. The number of nitrogens with one attached hydrogen (secondary N) is 1. The van der Waals surface area contributed by atoms with Gasteiger partial charge in [0.2, 0.25) is 0 Å². The lowest BCUT2D eigenvalue weighted by Crippen LogP contribution is -2.25. The van der Waals surface area contributed by atoms with Gasteiger partial charge in [-0.15, -0.1) is 0 Å². The van der Waals surface area contributed by atoms with Crippen LogP contribution in [0.5, 0.6) is 0 Å². The Morgan fingerprint density at radius 1 is 1.59 bits per heavy atom. The van der Waals surface area contributed by atoms with Crippen LogP contribution in [0.4, 0.5) is 5.69 Å². The van der Waals surface area contributed by atoms with Crippen LogP contribution in [-0.2, 0) is 4.74 Å². The van der Waals surface area contributed by atoms with E-state index in [-0.39, 0.29) is 12.6 Å². The third-order valence-corrected chi connectivity index (χ3v) is 2.59. The van der Waals surface area contributed by atoms with Gasteiger partial charge in [0.25, 0.3) is 0 Å². The zero-order valence-corrected chi connectivity index (χ0v) is 10.4. The van der Waals surface area contributed by atoms with Crippen molar-refractivity contribution >= 4 is 17.3 Å². The predicted molar refractivity (Wildman–Crippen MR) is 67.2 cm³/mol. The number of nitriles is 1. The Morgan fingerprint density at radius 2 is 2.35 bits per heavy atom. The summed E-state index contributed by atoms with van der Waals surface area (Å²) in [4.78, 5) is 0. The number of methoxy groups -OCH3 is 1. The molecular formula is C12H15ClN2O2. The number of nitrogens with zero attached hydrogens (tertiary/aromatic N) is 1. The minimum absolute atomic E-state index is 0.0170. The van der Waals surface area contributed by atoms with Gasteiger partial charge in [-0.2, -0.15) is 5.26 Å². The molecule has 2 N–H and O–H groups in total. The van der Waals surface area contributed by atoms with E-state index in [4.69, 9.17) is 21.6 Å². The third kappa shape index (κ3) is 4.23. The summed E-state index contributed by atoms with van der Waals surface area (Å²) in [5.41, 5.74) is 1.14.